The number of anilines is 1. The molecule has 0 aliphatic carbocycles. The Balaban J connectivity index is 1.53. The standard InChI is InChI=1S/C30H33BrN4O5/c1-18(2)23-8-6-21(7-9-23)15-32-29(37)30(38)35-33-16-22-13-25(31)28(26(14-22)39-5)40-17-27(36)34-24-11-19(3)10-20(4)12-24/h6-14,16,18H,15,17H2,1-5H3,(H,32,37)(H,34,36)(H,35,38)/b33-16-. The molecule has 3 aromatic rings. The van der Waals surface area contributed by atoms with Crippen LogP contribution in [0, 0.1) is 13.8 Å². The van der Waals surface area contributed by atoms with E-state index in [9.17, 15) is 14.4 Å². The van der Waals surface area contributed by atoms with Crippen molar-refractivity contribution < 1.29 is 23.9 Å². The van der Waals surface area contributed by atoms with Crippen molar-refractivity contribution in [3.8, 4) is 11.5 Å². The molecule has 0 saturated heterocycles. The third kappa shape index (κ3) is 8.94. The Labute approximate surface area is 242 Å². The van der Waals surface area contributed by atoms with Crippen molar-refractivity contribution in [1.29, 1.82) is 0 Å². The van der Waals surface area contributed by atoms with Crippen LogP contribution in [0.25, 0.3) is 0 Å². The summed E-state index contributed by atoms with van der Waals surface area (Å²) in [6.45, 7) is 8.12. The summed E-state index contributed by atoms with van der Waals surface area (Å²) in [7, 11) is 1.47. The van der Waals surface area contributed by atoms with Crippen LogP contribution in [0.4, 0.5) is 5.69 Å². The molecule has 3 N–H and O–H groups in total. The first kappa shape index (κ1) is 30.4. The van der Waals surface area contributed by atoms with Crippen molar-refractivity contribution in [3.63, 3.8) is 0 Å². The first-order chi connectivity index (χ1) is 19.0. The van der Waals surface area contributed by atoms with Crippen LogP contribution in [0.2, 0.25) is 0 Å². The van der Waals surface area contributed by atoms with Crippen molar-refractivity contribution in [3.05, 3.63) is 86.9 Å². The van der Waals surface area contributed by atoms with Gasteiger partial charge in [0.05, 0.1) is 17.8 Å². The molecule has 3 amide bonds. The molecule has 0 saturated carbocycles. The number of carbonyl (C=O) groups excluding carboxylic acids is 3. The van der Waals surface area contributed by atoms with Crippen LogP contribution in [0.5, 0.6) is 11.5 Å². The smallest absolute Gasteiger partial charge is 0.329 e. The van der Waals surface area contributed by atoms with E-state index in [0.717, 1.165) is 16.7 Å². The topological polar surface area (TPSA) is 118 Å². The van der Waals surface area contributed by atoms with Gasteiger partial charge in [-0.1, -0.05) is 44.2 Å². The van der Waals surface area contributed by atoms with Gasteiger partial charge in [0.2, 0.25) is 0 Å². The van der Waals surface area contributed by atoms with Gasteiger partial charge in [-0.15, -0.1) is 0 Å². The van der Waals surface area contributed by atoms with Crippen molar-refractivity contribution in [2.75, 3.05) is 19.0 Å². The highest BCUT2D eigenvalue weighted by molar-refractivity contribution is 9.10. The first-order valence-corrected chi connectivity index (χ1v) is 13.4. The molecule has 0 spiro atoms. The molecule has 9 nitrogen and oxygen atoms in total. The number of aryl methyl sites for hydroxylation is 2. The van der Waals surface area contributed by atoms with Crippen molar-refractivity contribution in [1.82, 2.24) is 10.7 Å². The highest BCUT2D eigenvalue weighted by atomic mass is 79.9. The van der Waals surface area contributed by atoms with Gasteiger partial charge in [0.1, 0.15) is 0 Å². The monoisotopic (exact) mass is 608 g/mol. The molecule has 0 aliphatic heterocycles. The minimum atomic E-state index is -0.893. The maximum atomic E-state index is 12.4. The number of carbonyl (C=O) groups is 3. The molecule has 0 unspecified atom stereocenters. The quantitative estimate of drug-likeness (QED) is 0.170. The third-order valence-electron chi connectivity index (χ3n) is 5.79. The predicted octanol–water partition coefficient (Wildman–Crippen LogP) is 4.98. The number of amides is 3. The Kier molecular flexibility index (Phi) is 10.8. The molecule has 3 rings (SSSR count). The fraction of sp³-hybridized carbons (Fsp3) is 0.267. The summed E-state index contributed by atoms with van der Waals surface area (Å²) in [6, 6.07) is 16.9. The molecule has 40 heavy (non-hydrogen) atoms. The van der Waals surface area contributed by atoms with Crippen molar-refractivity contribution in [2.24, 2.45) is 5.10 Å². The highest BCUT2D eigenvalue weighted by Crippen LogP contribution is 2.36. The molecule has 3 aromatic carbocycles. The summed E-state index contributed by atoms with van der Waals surface area (Å²) in [5, 5.41) is 9.26. The molecular weight excluding hydrogens is 576 g/mol. The predicted molar refractivity (Wildman–Crippen MR) is 159 cm³/mol. The number of hydrogen-bond donors (Lipinski definition) is 3. The average molecular weight is 610 g/mol. The summed E-state index contributed by atoms with van der Waals surface area (Å²) in [6.07, 6.45) is 1.36. The zero-order chi connectivity index (χ0) is 29.2. The van der Waals surface area contributed by atoms with Gasteiger partial charge in [-0.05, 0) is 87.8 Å². The Bertz CT molecular complexity index is 1380. The number of ether oxygens (including phenoxy) is 2. The van der Waals surface area contributed by atoms with Gasteiger partial charge in [-0.25, -0.2) is 5.43 Å². The van der Waals surface area contributed by atoms with Crippen molar-refractivity contribution in [2.45, 2.75) is 40.2 Å². The van der Waals surface area contributed by atoms with Gasteiger partial charge in [0.15, 0.2) is 18.1 Å². The summed E-state index contributed by atoms with van der Waals surface area (Å²) in [5.74, 6) is -0.916. The minimum absolute atomic E-state index is 0.225. The Morgan fingerprint density at radius 2 is 1.65 bits per heavy atom. The molecule has 210 valence electrons. The van der Waals surface area contributed by atoms with E-state index in [0.29, 0.717) is 33.1 Å². The molecule has 10 heteroatoms. The molecule has 0 radical (unpaired) electrons. The van der Waals surface area contributed by atoms with E-state index < -0.39 is 11.8 Å². The maximum absolute atomic E-state index is 12.4. The van der Waals surface area contributed by atoms with Crippen LogP contribution >= 0.6 is 15.9 Å². The van der Waals surface area contributed by atoms with E-state index in [4.69, 9.17) is 9.47 Å². The highest BCUT2D eigenvalue weighted by Gasteiger charge is 2.15. The average Bonchev–Trinajstić information content (AvgIpc) is 2.90. The number of methoxy groups -OCH3 is 1. The van der Waals surface area contributed by atoms with Crippen molar-refractivity contribution >= 4 is 45.6 Å². The van der Waals surface area contributed by atoms with E-state index in [1.54, 1.807) is 12.1 Å². The summed E-state index contributed by atoms with van der Waals surface area (Å²) < 4.78 is 11.6. The molecule has 0 heterocycles. The maximum Gasteiger partial charge on any atom is 0.329 e. The molecule has 0 atom stereocenters. The van der Waals surface area contributed by atoms with Crippen LogP contribution in [0.15, 0.2) is 64.2 Å². The van der Waals surface area contributed by atoms with Gasteiger partial charge in [-0.3, -0.25) is 14.4 Å². The zero-order valence-electron chi connectivity index (χ0n) is 23.1. The lowest BCUT2D eigenvalue weighted by atomic mass is 10.0. The van der Waals surface area contributed by atoms with Gasteiger partial charge < -0.3 is 20.1 Å². The van der Waals surface area contributed by atoms with E-state index in [1.165, 1.54) is 18.9 Å². The fourth-order valence-electron chi connectivity index (χ4n) is 3.84. The Hall–Kier alpha value is -4.18. The number of nitrogens with one attached hydrogen (secondary N) is 3. The molecule has 0 aliphatic rings. The third-order valence-corrected chi connectivity index (χ3v) is 6.38. The van der Waals surface area contributed by atoms with Gasteiger partial charge in [0.25, 0.3) is 5.91 Å². The number of benzene rings is 3. The lowest BCUT2D eigenvalue weighted by molar-refractivity contribution is -0.139. The second-order valence-corrected chi connectivity index (χ2v) is 10.4. The Morgan fingerprint density at radius 3 is 2.27 bits per heavy atom. The second kappa shape index (κ2) is 14.3. The normalized spacial score (nSPS) is 10.9. The fourth-order valence-corrected chi connectivity index (χ4v) is 4.41. The van der Waals surface area contributed by atoms with Gasteiger partial charge >= 0.3 is 11.8 Å². The molecular formula is C30H33BrN4O5. The Morgan fingerprint density at radius 1 is 0.975 bits per heavy atom. The minimum Gasteiger partial charge on any atom is -0.493 e. The number of halogens is 1. The molecule has 0 bridgehead atoms. The van der Waals surface area contributed by atoms with Gasteiger partial charge in [-0.2, -0.15) is 5.10 Å². The summed E-state index contributed by atoms with van der Waals surface area (Å²) in [5.41, 5.74) is 7.63. The largest absolute Gasteiger partial charge is 0.493 e. The second-order valence-electron chi connectivity index (χ2n) is 9.53. The number of nitrogens with zero attached hydrogens (tertiary/aromatic N) is 1. The van der Waals surface area contributed by atoms with E-state index >= 15 is 0 Å². The summed E-state index contributed by atoms with van der Waals surface area (Å²) in [4.78, 5) is 36.7. The van der Waals surface area contributed by atoms with E-state index in [1.807, 2.05) is 56.3 Å². The van der Waals surface area contributed by atoms with Gasteiger partial charge in [0, 0.05) is 12.2 Å². The lowest BCUT2D eigenvalue weighted by Crippen LogP contribution is -2.37. The van der Waals surface area contributed by atoms with Crippen LogP contribution in [0.1, 0.15) is 47.6 Å². The molecule has 0 fully saturated rings. The van der Waals surface area contributed by atoms with Crippen LogP contribution < -0.4 is 25.5 Å². The van der Waals surface area contributed by atoms with Crippen LogP contribution in [-0.2, 0) is 20.9 Å². The number of hydrazone groups is 1. The summed E-state index contributed by atoms with van der Waals surface area (Å²) >= 11 is 3.42. The van der Waals surface area contributed by atoms with Crippen LogP contribution in [-0.4, -0.2) is 37.7 Å². The lowest BCUT2D eigenvalue weighted by Gasteiger charge is -2.14. The number of rotatable bonds is 10. The van der Waals surface area contributed by atoms with Crippen LogP contribution in [0.3, 0.4) is 0 Å². The van der Waals surface area contributed by atoms with E-state index in [-0.39, 0.29) is 19.1 Å². The molecule has 0 aromatic heterocycles. The SMILES string of the molecule is COc1cc(/C=N\NC(=O)C(=O)NCc2ccc(C(C)C)cc2)cc(Br)c1OCC(=O)Nc1cc(C)cc(C)c1. The zero-order valence-corrected chi connectivity index (χ0v) is 24.7. The number of hydrogen-bond acceptors (Lipinski definition) is 6. The first-order valence-electron chi connectivity index (χ1n) is 12.6. The van der Waals surface area contributed by atoms with E-state index in [2.05, 4.69) is 50.9 Å².